The minimum absolute atomic E-state index is 0.200. The molecule has 1 aliphatic rings. The van der Waals surface area contributed by atoms with Crippen LogP contribution in [0.2, 0.25) is 0 Å². The number of carbonyl (C=O) groups is 1. The molecular weight excluding hydrogens is 434 g/mol. The van der Waals surface area contributed by atoms with Gasteiger partial charge in [0.15, 0.2) is 5.13 Å². The van der Waals surface area contributed by atoms with E-state index in [2.05, 4.69) is 10.3 Å². The zero-order valence-electron chi connectivity index (χ0n) is 17.0. The maximum Gasteiger partial charge on any atom is 0.244 e. The lowest BCUT2D eigenvalue weighted by molar-refractivity contribution is -0.120. The van der Waals surface area contributed by atoms with Gasteiger partial charge in [0.05, 0.1) is 17.7 Å². The van der Waals surface area contributed by atoms with Gasteiger partial charge in [-0.2, -0.15) is 4.31 Å². The van der Waals surface area contributed by atoms with Crippen LogP contribution in [0, 0.1) is 0 Å². The van der Waals surface area contributed by atoms with E-state index in [0.717, 1.165) is 29.8 Å². The van der Waals surface area contributed by atoms with Gasteiger partial charge in [0.1, 0.15) is 11.8 Å². The van der Waals surface area contributed by atoms with Crippen LogP contribution in [-0.2, 0) is 14.8 Å². The SMILES string of the molecule is COc1ccc(-c2csc(NC(=O)[C@@H]3CCCCN3S(=O)(=O)c3ccccc3)n2)cc1. The molecule has 0 unspecified atom stereocenters. The molecule has 1 N–H and O–H groups in total. The Morgan fingerprint density at radius 1 is 1.13 bits per heavy atom. The average Bonchev–Trinajstić information content (AvgIpc) is 3.28. The summed E-state index contributed by atoms with van der Waals surface area (Å²) in [5.74, 6) is 0.402. The Kier molecular flexibility index (Phi) is 6.35. The van der Waals surface area contributed by atoms with E-state index in [1.807, 2.05) is 29.6 Å². The number of hydrogen-bond acceptors (Lipinski definition) is 6. The number of anilines is 1. The maximum atomic E-state index is 13.1. The Balaban J connectivity index is 1.51. The molecule has 9 heteroatoms. The molecule has 1 amide bonds. The topological polar surface area (TPSA) is 88.6 Å². The number of methoxy groups -OCH3 is 1. The van der Waals surface area contributed by atoms with Gasteiger partial charge in [-0.1, -0.05) is 24.6 Å². The van der Waals surface area contributed by atoms with Crippen molar-refractivity contribution in [1.29, 1.82) is 0 Å². The van der Waals surface area contributed by atoms with Gasteiger partial charge in [-0.25, -0.2) is 13.4 Å². The fourth-order valence-electron chi connectivity index (χ4n) is 3.60. The van der Waals surface area contributed by atoms with Crippen LogP contribution < -0.4 is 10.1 Å². The number of sulfonamides is 1. The highest BCUT2D eigenvalue weighted by Crippen LogP contribution is 2.29. The average molecular weight is 458 g/mol. The second-order valence-corrected chi connectivity index (χ2v) is 9.94. The fraction of sp³-hybridized carbons (Fsp3) is 0.273. The van der Waals surface area contributed by atoms with Crippen molar-refractivity contribution >= 4 is 32.4 Å². The summed E-state index contributed by atoms with van der Waals surface area (Å²) in [5.41, 5.74) is 1.64. The third kappa shape index (κ3) is 4.63. The highest BCUT2D eigenvalue weighted by atomic mass is 32.2. The van der Waals surface area contributed by atoms with Gasteiger partial charge in [0.25, 0.3) is 0 Å². The highest BCUT2D eigenvalue weighted by Gasteiger charge is 2.37. The molecule has 0 bridgehead atoms. The van der Waals surface area contributed by atoms with Crippen molar-refractivity contribution < 1.29 is 17.9 Å². The summed E-state index contributed by atoms with van der Waals surface area (Å²) in [4.78, 5) is 17.7. The highest BCUT2D eigenvalue weighted by molar-refractivity contribution is 7.89. The number of hydrogen-bond donors (Lipinski definition) is 1. The first-order chi connectivity index (χ1) is 15.0. The molecule has 7 nitrogen and oxygen atoms in total. The molecular formula is C22H23N3O4S2. The predicted octanol–water partition coefficient (Wildman–Crippen LogP) is 4.00. The summed E-state index contributed by atoms with van der Waals surface area (Å²) in [6.45, 7) is 0.324. The lowest BCUT2D eigenvalue weighted by atomic mass is 10.0. The van der Waals surface area contributed by atoms with Crippen LogP contribution >= 0.6 is 11.3 Å². The minimum Gasteiger partial charge on any atom is -0.497 e. The lowest BCUT2D eigenvalue weighted by Gasteiger charge is -2.33. The molecule has 1 atom stereocenters. The van der Waals surface area contributed by atoms with Crippen LogP contribution in [0.1, 0.15) is 19.3 Å². The Bertz CT molecular complexity index is 1150. The fourth-order valence-corrected chi connectivity index (χ4v) is 6.00. The van der Waals surface area contributed by atoms with Crippen LogP contribution in [0.25, 0.3) is 11.3 Å². The van der Waals surface area contributed by atoms with E-state index in [0.29, 0.717) is 18.1 Å². The summed E-state index contributed by atoms with van der Waals surface area (Å²) >= 11 is 1.31. The number of amides is 1. The van der Waals surface area contributed by atoms with Gasteiger partial charge in [0, 0.05) is 17.5 Å². The number of ether oxygens (including phenoxy) is 1. The number of nitrogens with zero attached hydrogens (tertiary/aromatic N) is 2. The molecule has 0 radical (unpaired) electrons. The van der Waals surface area contributed by atoms with E-state index < -0.39 is 16.1 Å². The standard InChI is InChI=1S/C22H23N3O4S2/c1-29-17-12-10-16(11-13-17)19-15-30-22(23-19)24-21(26)20-9-5-6-14-25(20)31(27,28)18-7-3-2-4-8-18/h2-4,7-8,10-13,15,20H,5-6,9,14H2,1H3,(H,23,24,26)/t20-/m0/s1. The second kappa shape index (κ2) is 9.17. The van der Waals surface area contributed by atoms with E-state index in [1.165, 1.54) is 15.6 Å². The third-order valence-electron chi connectivity index (χ3n) is 5.23. The molecule has 2 heterocycles. The van der Waals surface area contributed by atoms with Crippen molar-refractivity contribution in [2.45, 2.75) is 30.2 Å². The molecule has 0 saturated carbocycles. The molecule has 1 saturated heterocycles. The Hall–Kier alpha value is -2.75. The second-order valence-electron chi connectivity index (χ2n) is 7.20. The zero-order chi connectivity index (χ0) is 21.8. The monoisotopic (exact) mass is 457 g/mol. The lowest BCUT2D eigenvalue weighted by Crippen LogP contribution is -2.49. The van der Waals surface area contributed by atoms with Crippen molar-refractivity contribution in [3.05, 3.63) is 60.0 Å². The number of rotatable bonds is 6. The number of thiazole rings is 1. The quantitative estimate of drug-likeness (QED) is 0.604. The third-order valence-corrected chi connectivity index (χ3v) is 7.91. The van der Waals surface area contributed by atoms with E-state index in [1.54, 1.807) is 37.4 Å². The molecule has 2 aromatic carbocycles. The number of benzene rings is 2. The zero-order valence-corrected chi connectivity index (χ0v) is 18.7. The summed E-state index contributed by atoms with van der Waals surface area (Å²) in [6.07, 6.45) is 2.01. The Morgan fingerprint density at radius 3 is 2.58 bits per heavy atom. The summed E-state index contributed by atoms with van der Waals surface area (Å²) in [6, 6.07) is 15.0. The van der Waals surface area contributed by atoms with Gasteiger partial charge in [-0.3, -0.25) is 4.79 Å². The molecule has 0 aliphatic carbocycles. The van der Waals surface area contributed by atoms with Gasteiger partial charge < -0.3 is 10.1 Å². The van der Waals surface area contributed by atoms with E-state index in [4.69, 9.17) is 4.74 Å². The van der Waals surface area contributed by atoms with E-state index >= 15 is 0 Å². The smallest absolute Gasteiger partial charge is 0.244 e. The molecule has 0 spiro atoms. The first-order valence-corrected chi connectivity index (χ1v) is 12.3. The van der Waals surface area contributed by atoms with Crippen molar-refractivity contribution in [3.63, 3.8) is 0 Å². The van der Waals surface area contributed by atoms with E-state index in [9.17, 15) is 13.2 Å². The first kappa shape index (κ1) is 21.5. The molecule has 1 aromatic heterocycles. The molecule has 1 aliphatic heterocycles. The van der Waals surface area contributed by atoms with Crippen LogP contribution in [0.3, 0.4) is 0 Å². The Morgan fingerprint density at radius 2 is 1.87 bits per heavy atom. The van der Waals surface area contributed by atoms with Gasteiger partial charge >= 0.3 is 0 Å². The maximum absolute atomic E-state index is 13.1. The van der Waals surface area contributed by atoms with Gasteiger partial charge in [0.2, 0.25) is 15.9 Å². The summed E-state index contributed by atoms with van der Waals surface area (Å²) in [5, 5.41) is 5.12. The van der Waals surface area contributed by atoms with Crippen molar-refractivity contribution in [2.75, 3.05) is 19.0 Å². The molecule has 3 aromatic rings. The van der Waals surface area contributed by atoms with Crippen LogP contribution in [0.4, 0.5) is 5.13 Å². The van der Waals surface area contributed by atoms with Gasteiger partial charge in [-0.05, 0) is 49.2 Å². The first-order valence-electron chi connectivity index (χ1n) is 9.97. The number of piperidine rings is 1. The summed E-state index contributed by atoms with van der Waals surface area (Å²) in [7, 11) is -2.14. The molecule has 4 rings (SSSR count). The van der Waals surface area contributed by atoms with Crippen LogP contribution in [0.15, 0.2) is 64.9 Å². The normalized spacial score (nSPS) is 17.3. The minimum atomic E-state index is -3.75. The number of aromatic nitrogens is 1. The number of carbonyl (C=O) groups excluding carboxylic acids is 1. The van der Waals surface area contributed by atoms with Crippen molar-refractivity contribution in [1.82, 2.24) is 9.29 Å². The molecule has 1 fully saturated rings. The van der Waals surface area contributed by atoms with Crippen molar-refractivity contribution in [3.8, 4) is 17.0 Å². The Labute approximate surface area is 185 Å². The molecule has 162 valence electrons. The predicted molar refractivity (Wildman–Crippen MR) is 121 cm³/mol. The molecule has 31 heavy (non-hydrogen) atoms. The van der Waals surface area contributed by atoms with Gasteiger partial charge in [-0.15, -0.1) is 11.3 Å². The number of nitrogens with one attached hydrogen (secondary N) is 1. The van der Waals surface area contributed by atoms with E-state index in [-0.39, 0.29) is 10.8 Å². The largest absolute Gasteiger partial charge is 0.497 e. The summed E-state index contributed by atoms with van der Waals surface area (Å²) < 4.78 is 32.7. The van der Waals surface area contributed by atoms with Crippen molar-refractivity contribution in [2.24, 2.45) is 0 Å². The van der Waals surface area contributed by atoms with Crippen LogP contribution in [0.5, 0.6) is 5.75 Å². The van der Waals surface area contributed by atoms with Crippen LogP contribution in [-0.4, -0.2) is 43.3 Å².